The van der Waals surface area contributed by atoms with Crippen LogP contribution in [0, 0.1) is 0 Å². The number of allylic oxidation sites excluding steroid dienone is 1. The molecule has 0 radical (unpaired) electrons. The molecule has 5 aromatic carbocycles. The van der Waals surface area contributed by atoms with Gasteiger partial charge in [-0.05, 0) is 103 Å². The molecule has 0 amide bonds. The molecular formula is C34H29N13O7S2. The maximum atomic E-state index is 13.8. The summed E-state index contributed by atoms with van der Waals surface area (Å²) in [4.78, 5) is 11.9. The molecule has 0 saturated carbocycles. The second-order valence-corrected chi connectivity index (χ2v) is 14.5. The predicted octanol–water partition coefficient (Wildman–Crippen LogP) is 6.98. The number of carbonyl (C=O) groups is 1. The second-order valence-electron chi connectivity index (χ2n) is 11.8. The predicted molar refractivity (Wildman–Crippen MR) is 212 cm³/mol. The Hall–Kier alpha value is -7.40. The molecule has 0 atom stereocenters. The average Bonchev–Trinajstić information content (AvgIpc) is 3.13. The number of nitrogens with one attached hydrogen (secondary N) is 1. The zero-order valence-corrected chi connectivity index (χ0v) is 30.1. The fourth-order valence-electron chi connectivity index (χ4n) is 5.07. The van der Waals surface area contributed by atoms with Crippen molar-refractivity contribution in [3.05, 3.63) is 107 Å². The molecule has 284 valence electrons. The lowest BCUT2D eigenvalue weighted by Gasteiger charge is -2.20. The Morgan fingerprint density at radius 3 is 1.52 bits per heavy atom. The summed E-state index contributed by atoms with van der Waals surface area (Å²) in [6.07, 6.45) is 0.774. The monoisotopic (exact) mass is 795 g/mol. The smallest absolute Gasteiger partial charge is 0.296 e. The lowest BCUT2D eigenvalue weighted by atomic mass is 9.92. The van der Waals surface area contributed by atoms with Crippen LogP contribution in [0.15, 0.2) is 137 Å². The Kier molecular flexibility index (Phi) is 10.4. The van der Waals surface area contributed by atoms with Crippen LogP contribution in [0.2, 0.25) is 0 Å². The number of Topliss-reactive ketones (excluding diaryl/α,β-unsaturated/α-hetero) is 1. The third-order valence-electron chi connectivity index (χ3n) is 7.78. The maximum absolute atomic E-state index is 13.8. The zero-order chi connectivity index (χ0) is 40.4. The number of hydrazone groups is 1. The van der Waals surface area contributed by atoms with Gasteiger partial charge in [-0.3, -0.25) is 19.3 Å². The highest BCUT2D eigenvalue weighted by atomic mass is 32.2. The van der Waals surface area contributed by atoms with Gasteiger partial charge in [-0.1, -0.05) is 0 Å². The van der Waals surface area contributed by atoms with E-state index >= 15 is 0 Å². The molecule has 0 saturated heterocycles. The first kappa shape index (κ1) is 38.3. The van der Waals surface area contributed by atoms with Gasteiger partial charge in [0.05, 0.1) is 45.4 Å². The number of azo groups is 3. The van der Waals surface area contributed by atoms with Crippen LogP contribution >= 0.6 is 0 Å². The van der Waals surface area contributed by atoms with E-state index in [9.17, 15) is 30.7 Å². The number of fused-ring (bicyclic) bond motifs is 1. The summed E-state index contributed by atoms with van der Waals surface area (Å²) < 4.78 is 69.8. The van der Waals surface area contributed by atoms with E-state index in [-0.39, 0.29) is 16.9 Å². The summed E-state index contributed by atoms with van der Waals surface area (Å²) in [5.74, 6) is -1.14. The van der Waals surface area contributed by atoms with Crippen molar-refractivity contribution in [3.63, 3.8) is 0 Å². The van der Waals surface area contributed by atoms with Gasteiger partial charge in [0.1, 0.15) is 26.9 Å². The van der Waals surface area contributed by atoms with E-state index in [1.165, 1.54) is 60.7 Å². The number of nitrogen functional groups attached to an aromatic ring is 5. The SMILES string of the molecule is Nc1ccc(N=Nc2ccc(N=Nc3c(S(=O)(=O)O)cc4c(c3N)C(=O)C(=NNc3ccc(N=Nc5ccc(N)cc5N)cc3)C(S(=O)(=O)O)=C4)cc2)c(N)c1. The minimum Gasteiger partial charge on any atom is -0.399 e. The van der Waals surface area contributed by atoms with Crippen LogP contribution in [0.25, 0.3) is 6.08 Å². The van der Waals surface area contributed by atoms with Crippen molar-refractivity contribution in [2.75, 3.05) is 34.1 Å². The van der Waals surface area contributed by atoms with Crippen LogP contribution in [0.4, 0.5) is 68.2 Å². The fraction of sp³-hybridized carbons (Fsp3) is 0. The van der Waals surface area contributed by atoms with Crippen molar-refractivity contribution in [2.24, 2.45) is 35.8 Å². The van der Waals surface area contributed by atoms with E-state index in [1.807, 2.05) is 0 Å². The molecule has 0 fully saturated rings. The number of carbonyl (C=O) groups excluding carboxylic acids is 1. The van der Waals surface area contributed by atoms with Gasteiger partial charge >= 0.3 is 0 Å². The molecule has 20 nitrogen and oxygen atoms in total. The average molecular weight is 796 g/mol. The molecule has 0 aromatic heterocycles. The number of benzene rings is 5. The minimum absolute atomic E-state index is 0.169. The third kappa shape index (κ3) is 8.53. The van der Waals surface area contributed by atoms with Gasteiger partial charge in [-0.25, -0.2) is 0 Å². The number of hydrogen-bond acceptors (Lipinski definition) is 18. The molecular weight excluding hydrogens is 767 g/mol. The van der Waals surface area contributed by atoms with Crippen molar-refractivity contribution in [1.82, 2.24) is 0 Å². The van der Waals surface area contributed by atoms with Crippen molar-refractivity contribution in [2.45, 2.75) is 4.90 Å². The molecule has 22 heteroatoms. The first-order valence-electron chi connectivity index (χ1n) is 15.7. The Morgan fingerprint density at radius 1 is 0.571 bits per heavy atom. The summed E-state index contributed by atoms with van der Waals surface area (Å²) in [7, 11) is -10.2. The van der Waals surface area contributed by atoms with Gasteiger partial charge in [-0.2, -0.15) is 37.3 Å². The summed E-state index contributed by atoms with van der Waals surface area (Å²) in [5, 5.41) is 28.2. The van der Waals surface area contributed by atoms with E-state index in [2.05, 4.69) is 41.2 Å². The Balaban J connectivity index is 1.29. The highest BCUT2D eigenvalue weighted by molar-refractivity contribution is 7.91. The van der Waals surface area contributed by atoms with Gasteiger partial charge in [0.15, 0.2) is 5.71 Å². The van der Waals surface area contributed by atoms with E-state index in [0.717, 1.165) is 12.1 Å². The number of rotatable bonds is 10. The first-order valence-corrected chi connectivity index (χ1v) is 18.6. The first-order chi connectivity index (χ1) is 26.5. The number of anilines is 6. The maximum Gasteiger partial charge on any atom is 0.296 e. The Labute approximate surface area is 317 Å². The molecule has 0 spiro atoms. The van der Waals surface area contributed by atoms with Crippen molar-refractivity contribution in [3.8, 4) is 0 Å². The quantitative estimate of drug-likeness (QED) is 0.0306. The molecule has 6 rings (SSSR count). The van der Waals surface area contributed by atoms with E-state index in [1.54, 1.807) is 24.3 Å². The molecule has 0 unspecified atom stereocenters. The van der Waals surface area contributed by atoms with Gasteiger partial charge in [0, 0.05) is 11.4 Å². The summed E-state index contributed by atoms with van der Waals surface area (Å²) >= 11 is 0. The van der Waals surface area contributed by atoms with Crippen LogP contribution in [0.1, 0.15) is 15.9 Å². The van der Waals surface area contributed by atoms with Crippen LogP contribution in [-0.2, 0) is 20.2 Å². The molecule has 56 heavy (non-hydrogen) atoms. The Bertz CT molecular complexity index is 2790. The Morgan fingerprint density at radius 2 is 1.05 bits per heavy atom. The van der Waals surface area contributed by atoms with Crippen molar-refractivity contribution < 1.29 is 30.7 Å². The van der Waals surface area contributed by atoms with Crippen molar-refractivity contribution in [1.29, 1.82) is 0 Å². The lowest BCUT2D eigenvalue weighted by Crippen LogP contribution is -2.28. The summed E-state index contributed by atoms with van der Waals surface area (Å²) in [6, 6.07) is 22.2. The van der Waals surface area contributed by atoms with Gasteiger partial charge in [0.25, 0.3) is 20.2 Å². The highest BCUT2D eigenvalue weighted by Gasteiger charge is 2.37. The van der Waals surface area contributed by atoms with Crippen LogP contribution < -0.4 is 34.1 Å². The molecule has 0 heterocycles. The molecule has 1 aliphatic rings. The number of nitrogens with two attached hydrogens (primary N) is 5. The summed E-state index contributed by atoms with van der Waals surface area (Å²) in [6.45, 7) is 0. The van der Waals surface area contributed by atoms with Gasteiger partial charge in [0.2, 0.25) is 5.78 Å². The van der Waals surface area contributed by atoms with Crippen molar-refractivity contribution >= 4 is 106 Å². The zero-order valence-electron chi connectivity index (χ0n) is 28.5. The molecule has 1 aliphatic carbocycles. The molecule has 13 N–H and O–H groups in total. The summed E-state index contributed by atoms with van der Waals surface area (Å²) in [5.41, 5.74) is 32.7. The van der Waals surface area contributed by atoms with Crippen LogP contribution in [0.5, 0.6) is 0 Å². The molecule has 0 aliphatic heterocycles. The van der Waals surface area contributed by atoms with E-state index in [4.69, 9.17) is 28.7 Å². The molecule has 5 aromatic rings. The number of hydrogen-bond donors (Lipinski definition) is 8. The normalized spacial score (nSPS) is 14.1. The van der Waals surface area contributed by atoms with Gasteiger partial charge in [-0.15, -0.1) is 15.3 Å². The topological polar surface area (TPSA) is 354 Å². The van der Waals surface area contributed by atoms with Gasteiger partial charge < -0.3 is 28.7 Å². The highest BCUT2D eigenvalue weighted by Crippen LogP contribution is 2.41. The van der Waals surface area contributed by atoms with E-state index < -0.39 is 58.5 Å². The largest absolute Gasteiger partial charge is 0.399 e. The standard InChI is InChI=1S/C34H29N13O7S2/c35-18-1-11-26(24(37)15-18)44-40-20-3-7-22(8-4-20)42-46-32-28(55(49,50)51)13-17-14-29(56(52,53)54)33(34(48)30(17)31(32)39)47-43-23-9-5-21(6-10-23)41-45-27-12-2-19(36)16-25(27)38/h1-16,43H,35-39H2,(H,49,50,51)(H,52,53,54). The van der Waals surface area contributed by atoms with E-state index in [0.29, 0.717) is 45.5 Å². The number of ketones is 1. The minimum atomic E-state index is -5.14. The lowest BCUT2D eigenvalue weighted by molar-refractivity contribution is 0.106. The fourth-order valence-corrected chi connectivity index (χ4v) is 6.40. The molecule has 0 bridgehead atoms. The number of nitrogens with zero attached hydrogens (tertiary/aromatic N) is 7. The third-order valence-corrected chi connectivity index (χ3v) is 9.51. The van der Waals surface area contributed by atoms with Crippen LogP contribution in [0.3, 0.4) is 0 Å². The second kappa shape index (κ2) is 15.2. The van der Waals surface area contributed by atoms with Crippen LogP contribution in [-0.4, -0.2) is 37.4 Å².